The Kier molecular flexibility index (Phi) is 12.5. The number of benzene rings is 2. The average Bonchev–Trinajstić information content (AvgIpc) is 2.77. The van der Waals surface area contributed by atoms with Gasteiger partial charge in [0.25, 0.3) is 0 Å². The molecule has 29 heavy (non-hydrogen) atoms. The van der Waals surface area contributed by atoms with E-state index in [1.165, 1.54) is 70.6 Å². The van der Waals surface area contributed by atoms with Crippen molar-refractivity contribution in [2.75, 3.05) is 6.61 Å². The predicted molar refractivity (Wildman–Crippen MR) is 124 cm³/mol. The Labute approximate surface area is 177 Å². The van der Waals surface area contributed by atoms with Gasteiger partial charge in [-0.05, 0) is 30.7 Å². The first-order chi connectivity index (χ1) is 14.4. The SMILES string of the molecule is CCCCCCCCCCCCCCOc1ccccc1N=Nc1ccccc1. The lowest BCUT2D eigenvalue weighted by atomic mass is 10.1. The molecule has 0 aromatic heterocycles. The summed E-state index contributed by atoms with van der Waals surface area (Å²) in [7, 11) is 0. The summed E-state index contributed by atoms with van der Waals surface area (Å²) in [5, 5.41) is 8.65. The summed E-state index contributed by atoms with van der Waals surface area (Å²) >= 11 is 0. The number of para-hydroxylation sites is 1. The molecule has 0 heterocycles. The van der Waals surface area contributed by atoms with Gasteiger partial charge in [-0.1, -0.05) is 108 Å². The molecule has 0 unspecified atom stereocenters. The summed E-state index contributed by atoms with van der Waals surface area (Å²) in [5.74, 6) is 0.815. The van der Waals surface area contributed by atoms with Crippen LogP contribution in [-0.2, 0) is 0 Å². The van der Waals surface area contributed by atoms with Gasteiger partial charge in [0.05, 0.1) is 12.3 Å². The van der Waals surface area contributed by atoms with E-state index in [1.807, 2.05) is 54.6 Å². The first kappa shape index (κ1) is 23.1. The van der Waals surface area contributed by atoms with Crippen LogP contribution in [0.2, 0.25) is 0 Å². The number of rotatable bonds is 16. The number of azo groups is 1. The molecule has 0 aliphatic heterocycles. The first-order valence-corrected chi connectivity index (χ1v) is 11.6. The summed E-state index contributed by atoms with van der Waals surface area (Å²) < 4.78 is 5.96. The van der Waals surface area contributed by atoms with Gasteiger partial charge in [0.15, 0.2) is 0 Å². The normalized spacial score (nSPS) is 11.2. The molecule has 0 aliphatic rings. The van der Waals surface area contributed by atoms with Crippen LogP contribution >= 0.6 is 0 Å². The third kappa shape index (κ3) is 10.8. The number of nitrogens with zero attached hydrogens (tertiary/aromatic N) is 2. The molecule has 0 spiro atoms. The molecule has 0 bridgehead atoms. The van der Waals surface area contributed by atoms with Gasteiger partial charge < -0.3 is 4.74 Å². The van der Waals surface area contributed by atoms with E-state index in [9.17, 15) is 0 Å². The van der Waals surface area contributed by atoms with Gasteiger partial charge in [0.1, 0.15) is 11.4 Å². The van der Waals surface area contributed by atoms with E-state index in [4.69, 9.17) is 4.74 Å². The summed E-state index contributed by atoms with van der Waals surface area (Å²) in [6.07, 6.45) is 16.2. The minimum atomic E-state index is 0.745. The number of hydrogen-bond donors (Lipinski definition) is 0. The van der Waals surface area contributed by atoms with Crippen LogP contribution in [0.4, 0.5) is 11.4 Å². The molecule has 0 N–H and O–H groups in total. The third-order valence-electron chi connectivity index (χ3n) is 5.15. The van der Waals surface area contributed by atoms with E-state index < -0.39 is 0 Å². The van der Waals surface area contributed by atoms with Gasteiger partial charge in [-0.2, -0.15) is 5.11 Å². The van der Waals surface area contributed by atoms with Crippen molar-refractivity contribution >= 4 is 11.4 Å². The van der Waals surface area contributed by atoms with E-state index in [1.54, 1.807) is 0 Å². The number of ether oxygens (including phenoxy) is 1. The molecule has 0 fully saturated rings. The second-order valence-corrected chi connectivity index (χ2v) is 7.74. The highest BCUT2D eigenvalue weighted by Gasteiger charge is 2.02. The zero-order valence-corrected chi connectivity index (χ0v) is 18.2. The Morgan fingerprint density at radius 2 is 1.14 bits per heavy atom. The molecule has 0 aliphatic carbocycles. The summed E-state index contributed by atoms with van der Waals surface area (Å²) in [6.45, 7) is 3.02. The van der Waals surface area contributed by atoms with Gasteiger partial charge in [-0.25, -0.2) is 0 Å². The van der Waals surface area contributed by atoms with Gasteiger partial charge >= 0.3 is 0 Å². The molecule has 0 saturated carbocycles. The molecule has 0 saturated heterocycles. The van der Waals surface area contributed by atoms with Crippen molar-refractivity contribution in [2.24, 2.45) is 10.2 Å². The maximum atomic E-state index is 5.96. The predicted octanol–water partition coefficient (Wildman–Crippen LogP) is 9.18. The van der Waals surface area contributed by atoms with Crippen LogP contribution in [0.1, 0.15) is 84.0 Å². The lowest BCUT2D eigenvalue weighted by Crippen LogP contribution is -1.97. The lowest BCUT2D eigenvalue weighted by Gasteiger charge is -2.08. The lowest BCUT2D eigenvalue weighted by molar-refractivity contribution is 0.305. The van der Waals surface area contributed by atoms with Crippen LogP contribution in [0.15, 0.2) is 64.8 Å². The highest BCUT2D eigenvalue weighted by molar-refractivity contribution is 5.51. The zero-order chi connectivity index (χ0) is 20.4. The summed E-state index contributed by atoms with van der Waals surface area (Å²) in [6, 6.07) is 17.7. The van der Waals surface area contributed by atoms with Crippen molar-refractivity contribution in [1.29, 1.82) is 0 Å². The van der Waals surface area contributed by atoms with Crippen molar-refractivity contribution in [3.63, 3.8) is 0 Å². The van der Waals surface area contributed by atoms with Crippen LogP contribution in [-0.4, -0.2) is 6.61 Å². The monoisotopic (exact) mass is 394 g/mol. The van der Waals surface area contributed by atoms with E-state index in [2.05, 4.69) is 17.2 Å². The van der Waals surface area contributed by atoms with Crippen LogP contribution in [0.25, 0.3) is 0 Å². The first-order valence-electron chi connectivity index (χ1n) is 11.6. The van der Waals surface area contributed by atoms with Crippen molar-refractivity contribution in [2.45, 2.75) is 84.0 Å². The molecular formula is C26H38N2O. The fourth-order valence-corrected chi connectivity index (χ4v) is 3.39. The summed E-state index contributed by atoms with van der Waals surface area (Å²) in [4.78, 5) is 0. The molecule has 158 valence electrons. The second-order valence-electron chi connectivity index (χ2n) is 7.74. The highest BCUT2D eigenvalue weighted by Crippen LogP contribution is 2.29. The Hall–Kier alpha value is -2.16. The Bertz CT molecular complexity index is 669. The minimum absolute atomic E-state index is 0.745. The van der Waals surface area contributed by atoms with E-state index in [0.29, 0.717) is 0 Å². The molecule has 0 atom stereocenters. The van der Waals surface area contributed by atoms with Crippen LogP contribution in [0.5, 0.6) is 5.75 Å². The summed E-state index contributed by atoms with van der Waals surface area (Å²) in [5.41, 5.74) is 1.64. The average molecular weight is 395 g/mol. The number of hydrogen-bond acceptors (Lipinski definition) is 3. The second kappa shape index (κ2) is 15.7. The van der Waals surface area contributed by atoms with Crippen molar-refractivity contribution in [3.05, 3.63) is 54.6 Å². The Balaban J connectivity index is 1.54. The maximum absolute atomic E-state index is 5.96. The minimum Gasteiger partial charge on any atom is -0.491 e. The van der Waals surface area contributed by atoms with E-state index >= 15 is 0 Å². The molecule has 2 rings (SSSR count). The maximum Gasteiger partial charge on any atom is 0.146 e. The Morgan fingerprint density at radius 3 is 1.79 bits per heavy atom. The molecule has 3 nitrogen and oxygen atoms in total. The fraction of sp³-hybridized carbons (Fsp3) is 0.538. The topological polar surface area (TPSA) is 34.0 Å². The molecule has 2 aromatic carbocycles. The van der Waals surface area contributed by atoms with Crippen LogP contribution in [0, 0.1) is 0 Å². The Morgan fingerprint density at radius 1 is 0.586 bits per heavy atom. The fourth-order valence-electron chi connectivity index (χ4n) is 3.39. The molecule has 0 radical (unpaired) electrons. The largest absolute Gasteiger partial charge is 0.491 e. The quantitative estimate of drug-likeness (QED) is 0.206. The van der Waals surface area contributed by atoms with Gasteiger partial charge in [-0.3, -0.25) is 0 Å². The van der Waals surface area contributed by atoms with Gasteiger partial charge in [0.2, 0.25) is 0 Å². The van der Waals surface area contributed by atoms with Gasteiger partial charge in [-0.15, -0.1) is 5.11 Å². The smallest absolute Gasteiger partial charge is 0.146 e. The zero-order valence-electron chi connectivity index (χ0n) is 18.2. The third-order valence-corrected chi connectivity index (χ3v) is 5.15. The number of unbranched alkanes of at least 4 members (excludes halogenated alkanes) is 11. The van der Waals surface area contributed by atoms with Crippen molar-refractivity contribution in [1.82, 2.24) is 0 Å². The van der Waals surface area contributed by atoms with Crippen molar-refractivity contribution in [3.8, 4) is 5.75 Å². The van der Waals surface area contributed by atoms with Crippen LogP contribution < -0.4 is 4.74 Å². The van der Waals surface area contributed by atoms with Gasteiger partial charge in [0, 0.05) is 0 Å². The molecule has 2 aromatic rings. The van der Waals surface area contributed by atoms with Crippen LogP contribution in [0.3, 0.4) is 0 Å². The highest BCUT2D eigenvalue weighted by atomic mass is 16.5. The van der Waals surface area contributed by atoms with E-state index in [0.717, 1.165) is 30.2 Å². The van der Waals surface area contributed by atoms with E-state index in [-0.39, 0.29) is 0 Å². The van der Waals surface area contributed by atoms with Crippen molar-refractivity contribution < 1.29 is 4.74 Å². The molecular weight excluding hydrogens is 356 g/mol. The molecule has 0 amide bonds. The molecule has 3 heteroatoms. The standard InChI is InChI=1S/C26H38N2O/c1-2-3-4-5-6-7-8-9-10-11-12-18-23-29-26-22-17-16-21-25(26)28-27-24-19-14-13-15-20-24/h13-17,19-22H,2-12,18,23H2,1H3.